The standard InChI is InChI=1S/C9H6BrNO2/c10-7-3-6-4-8(12)1-2-9(6)11(13)5-7/h1-5,12H. The quantitative estimate of drug-likeness (QED) is 0.565. The van der Waals surface area contributed by atoms with Gasteiger partial charge in [0.05, 0.1) is 9.86 Å². The number of halogens is 1. The van der Waals surface area contributed by atoms with Crippen LogP contribution >= 0.6 is 15.9 Å². The highest BCUT2D eigenvalue weighted by Crippen LogP contribution is 2.19. The summed E-state index contributed by atoms with van der Waals surface area (Å²) in [6, 6.07) is 6.41. The molecule has 1 aromatic carbocycles. The van der Waals surface area contributed by atoms with E-state index in [0.29, 0.717) is 15.4 Å². The number of hydrogen-bond donors (Lipinski definition) is 1. The number of aromatic hydroxyl groups is 1. The zero-order valence-corrected chi connectivity index (χ0v) is 8.15. The average Bonchev–Trinajstić information content (AvgIpc) is 2.02. The fraction of sp³-hybridized carbons (Fsp3) is 0. The second-order valence-corrected chi connectivity index (χ2v) is 3.64. The van der Waals surface area contributed by atoms with Gasteiger partial charge >= 0.3 is 0 Å². The zero-order chi connectivity index (χ0) is 9.42. The molecular formula is C9H6BrNO2. The molecule has 1 aromatic heterocycles. The van der Waals surface area contributed by atoms with Crippen molar-refractivity contribution >= 4 is 26.8 Å². The first-order chi connectivity index (χ1) is 6.16. The third kappa shape index (κ3) is 1.45. The van der Waals surface area contributed by atoms with Crippen LogP contribution in [-0.4, -0.2) is 5.11 Å². The summed E-state index contributed by atoms with van der Waals surface area (Å²) >= 11 is 3.21. The van der Waals surface area contributed by atoms with Crippen LogP contribution in [0.2, 0.25) is 0 Å². The van der Waals surface area contributed by atoms with E-state index in [9.17, 15) is 10.3 Å². The number of pyridine rings is 1. The van der Waals surface area contributed by atoms with Crippen LogP contribution in [-0.2, 0) is 0 Å². The summed E-state index contributed by atoms with van der Waals surface area (Å²) in [4.78, 5) is 0. The van der Waals surface area contributed by atoms with Crippen molar-refractivity contribution < 1.29 is 9.84 Å². The van der Waals surface area contributed by atoms with E-state index in [-0.39, 0.29) is 5.75 Å². The van der Waals surface area contributed by atoms with Gasteiger partial charge in [-0.2, -0.15) is 4.73 Å². The van der Waals surface area contributed by atoms with Gasteiger partial charge in [0.2, 0.25) is 5.52 Å². The SMILES string of the molecule is [O-][n+]1cc(Br)cc2cc(O)ccc21. The Bertz CT molecular complexity index is 465. The first kappa shape index (κ1) is 8.31. The summed E-state index contributed by atoms with van der Waals surface area (Å²) in [6.45, 7) is 0. The largest absolute Gasteiger partial charge is 0.618 e. The normalized spacial score (nSPS) is 10.5. The minimum atomic E-state index is 0.158. The molecule has 1 heterocycles. The highest BCUT2D eigenvalue weighted by molar-refractivity contribution is 9.10. The zero-order valence-electron chi connectivity index (χ0n) is 6.57. The smallest absolute Gasteiger partial charge is 0.224 e. The van der Waals surface area contributed by atoms with Crippen molar-refractivity contribution in [3.8, 4) is 5.75 Å². The Kier molecular flexibility index (Phi) is 1.84. The summed E-state index contributed by atoms with van der Waals surface area (Å²) in [7, 11) is 0. The summed E-state index contributed by atoms with van der Waals surface area (Å²) in [6.07, 6.45) is 1.43. The summed E-state index contributed by atoms with van der Waals surface area (Å²) < 4.78 is 1.46. The third-order valence-electron chi connectivity index (χ3n) is 1.78. The molecule has 0 atom stereocenters. The second-order valence-electron chi connectivity index (χ2n) is 2.73. The van der Waals surface area contributed by atoms with Crippen LogP contribution < -0.4 is 4.73 Å². The maximum absolute atomic E-state index is 11.3. The molecule has 0 aliphatic rings. The van der Waals surface area contributed by atoms with Crippen LogP contribution in [0, 0.1) is 5.21 Å². The lowest BCUT2D eigenvalue weighted by Gasteiger charge is -2.01. The molecule has 0 saturated carbocycles. The molecule has 0 spiro atoms. The highest BCUT2D eigenvalue weighted by Gasteiger charge is 2.05. The maximum Gasteiger partial charge on any atom is 0.224 e. The van der Waals surface area contributed by atoms with Crippen LogP contribution in [0.5, 0.6) is 5.75 Å². The number of phenols is 1. The van der Waals surface area contributed by atoms with Crippen LogP contribution in [0.1, 0.15) is 0 Å². The predicted octanol–water partition coefficient (Wildman–Crippen LogP) is 1.94. The van der Waals surface area contributed by atoms with Gasteiger partial charge < -0.3 is 10.3 Å². The molecule has 0 saturated heterocycles. The minimum absolute atomic E-state index is 0.158. The van der Waals surface area contributed by atoms with Gasteiger partial charge in [0.15, 0.2) is 6.20 Å². The van der Waals surface area contributed by atoms with Gasteiger partial charge in [-0.3, -0.25) is 0 Å². The average molecular weight is 240 g/mol. The summed E-state index contributed by atoms with van der Waals surface area (Å²) in [5.74, 6) is 0.158. The molecule has 0 bridgehead atoms. The van der Waals surface area contributed by atoms with Crippen molar-refractivity contribution in [1.82, 2.24) is 0 Å². The van der Waals surface area contributed by atoms with E-state index in [1.165, 1.54) is 12.3 Å². The fourth-order valence-electron chi connectivity index (χ4n) is 1.23. The Balaban J connectivity index is 2.86. The van der Waals surface area contributed by atoms with Gasteiger partial charge in [0.25, 0.3) is 0 Å². The Morgan fingerprint density at radius 2 is 2.08 bits per heavy atom. The lowest BCUT2D eigenvalue weighted by atomic mass is 10.2. The lowest BCUT2D eigenvalue weighted by Crippen LogP contribution is -2.26. The lowest BCUT2D eigenvalue weighted by molar-refractivity contribution is -0.577. The summed E-state index contributed by atoms with van der Waals surface area (Å²) in [5, 5.41) is 21.2. The fourth-order valence-corrected chi connectivity index (χ4v) is 1.66. The molecule has 0 radical (unpaired) electrons. The van der Waals surface area contributed by atoms with Gasteiger partial charge in [-0.05, 0) is 34.1 Å². The van der Waals surface area contributed by atoms with Crippen LogP contribution in [0.15, 0.2) is 34.9 Å². The van der Waals surface area contributed by atoms with Gasteiger partial charge in [-0.15, -0.1) is 0 Å². The molecule has 1 N–H and O–H groups in total. The van der Waals surface area contributed by atoms with Gasteiger partial charge in [0, 0.05) is 6.07 Å². The van der Waals surface area contributed by atoms with E-state index >= 15 is 0 Å². The molecular weight excluding hydrogens is 234 g/mol. The minimum Gasteiger partial charge on any atom is -0.618 e. The molecule has 2 rings (SSSR count). The second kappa shape index (κ2) is 2.88. The Hall–Kier alpha value is -1.29. The van der Waals surface area contributed by atoms with Crippen molar-refractivity contribution in [2.75, 3.05) is 0 Å². The predicted molar refractivity (Wildman–Crippen MR) is 52.3 cm³/mol. The highest BCUT2D eigenvalue weighted by atomic mass is 79.9. The van der Waals surface area contributed by atoms with E-state index in [1.807, 2.05) is 0 Å². The van der Waals surface area contributed by atoms with E-state index < -0.39 is 0 Å². The molecule has 4 heteroatoms. The molecule has 3 nitrogen and oxygen atoms in total. The van der Waals surface area contributed by atoms with Gasteiger partial charge in [-0.25, -0.2) is 0 Å². The molecule has 0 amide bonds. The first-order valence-corrected chi connectivity index (χ1v) is 4.47. The summed E-state index contributed by atoms with van der Waals surface area (Å²) in [5.41, 5.74) is 0.543. The van der Waals surface area contributed by atoms with Crippen molar-refractivity contribution in [2.24, 2.45) is 0 Å². The molecule has 0 aliphatic carbocycles. The van der Waals surface area contributed by atoms with Gasteiger partial charge in [0.1, 0.15) is 5.75 Å². The monoisotopic (exact) mass is 239 g/mol. The van der Waals surface area contributed by atoms with Crippen LogP contribution in [0.3, 0.4) is 0 Å². The molecule has 0 unspecified atom stereocenters. The van der Waals surface area contributed by atoms with Gasteiger partial charge in [-0.1, -0.05) is 0 Å². The van der Waals surface area contributed by atoms with E-state index in [1.54, 1.807) is 18.2 Å². The third-order valence-corrected chi connectivity index (χ3v) is 2.22. The first-order valence-electron chi connectivity index (χ1n) is 3.68. The number of nitrogens with zero attached hydrogens (tertiary/aromatic N) is 1. The van der Waals surface area contributed by atoms with Crippen molar-refractivity contribution in [1.29, 1.82) is 0 Å². The van der Waals surface area contributed by atoms with Crippen molar-refractivity contribution in [2.45, 2.75) is 0 Å². The molecule has 0 fully saturated rings. The van der Waals surface area contributed by atoms with Crippen molar-refractivity contribution in [3.63, 3.8) is 0 Å². The van der Waals surface area contributed by atoms with E-state index in [0.717, 1.165) is 4.73 Å². The number of benzene rings is 1. The number of phenolic OH excluding ortho intramolecular Hbond substituents is 1. The van der Waals surface area contributed by atoms with Crippen LogP contribution in [0.25, 0.3) is 10.9 Å². The maximum atomic E-state index is 11.3. The number of aromatic nitrogens is 1. The number of rotatable bonds is 0. The molecule has 13 heavy (non-hydrogen) atoms. The molecule has 0 aliphatic heterocycles. The Morgan fingerprint density at radius 1 is 1.31 bits per heavy atom. The van der Waals surface area contributed by atoms with Crippen molar-refractivity contribution in [3.05, 3.63) is 40.1 Å². The Labute approximate surface area is 83.0 Å². The van der Waals surface area contributed by atoms with Crippen LogP contribution in [0.4, 0.5) is 0 Å². The van der Waals surface area contributed by atoms with E-state index in [2.05, 4.69) is 15.9 Å². The number of hydrogen-bond acceptors (Lipinski definition) is 2. The number of fused-ring (bicyclic) bond motifs is 1. The molecule has 66 valence electrons. The Morgan fingerprint density at radius 3 is 2.85 bits per heavy atom. The topological polar surface area (TPSA) is 47.2 Å². The molecule has 2 aromatic rings. The van der Waals surface area contributed by atoms with E-state index in [4.69, 9.17) is 0 Å².